The summed E-state index contributed by atoms with van der Waals surface area (Å²) in [6.07, 6.45) is 1.57. The Kier molecular flexibility index (Phi) is 5.66. The highest BCUT2D eigenvalue weighted by molar-refractivity contribution is 8.00. The summed E-state index contributed by atoms with van der Waals surface area (Å²) in [7, 11) is 0. The topological polar surface area (TPSA) is 96.5 Å². The first-order chi connectivity index (χ1) is 13.3. The molecule has 0 atom stereocenters. The summed E-state index contributed by atoms with van der Waals surface area (Å²) in [5.74, 6) is 0.890. The second-order valence-electron chi connectivity index (χ2n) is 5.45. The Balaban J connectivity index is 1.33. The van der Waals surface area contributed by atoms with Gasteiger partial charge in [-0.15, -0.1) is 15.3 Å². The van der Waals surface area contributed by atoms with Gasteiger partial charge in [0.15, 0.2) is 4.34 Å². The van der Waals surface area contributed by atoms with Gasteiger partial charge < -0.3 is 0 Å². The summed E-state index contributed by atoms with van der Waals surface area (Å²) in [6.45, 7) is 0. The fourth-order valence-corrected chi connectivity index (χ4v) is 4.79. The van der Waals surface area contributed by atoms with Crippen molar-refractivity contribution in [2.45, 2.75) is 15.1 Å². The third-order valence-electron chi connectivity index (χ3n) is 3.63. The number of carbonyl (C=O) groups excluding carboxylic acids is 1. The van der Waals surface area contributed by atoms with Gasteiger partial charge >= 0.3 is 0 Å². The molecule has 7 nitrogen and oxygen atoms in total. The molecule has 0 aliphatic heterocycles. The summed E-state index contributed by atoms with van der Waals surface area (Å²) < 4.78 is 0.822. The number of nitrogens with one attached hydrogen (secondary N) is 2. The summed E-state index contributed by atoms with van der Waals surface area (Å²) in [5, 5.41) is 24.7. The van der Waals surface area contributed by atoms with Crippen LogP contribution < -0.4 is 5.32 Å². The van der Waals surface area contributed by atoms with E-state index in [1.165, 1.54) is 39.4 Å². The van der Waals surface area contributed by atoms with Gasteiger partial charge in [-0.1, -0.05) is 77.3 Å². The van der Waals surface area contributed by atoms with Crippen LogP contribution in [0.1, 0.15) is 5.56 Å². The van der Waals surface area contributed by atoms with Crippen molar-refractivity contribution >= 4 is 56.7 Å². The highest BCUT2D eigenvalue weighted by Crippen LogP contribution is 2.30. The maximum atomic E-state index is 12.0. The van der Waals surface area contributed by atoms with Crippen LogP contribution in [-0.4, -0.2) is 37.3 Å². The van der Waals surface area contributed by atoms with E-state index in [-0.39, 0.29) is 11.7 Å². The van der Waals surface area contributed by atoms with Gasteiger partial charge in [0.25, 0.3) is 0 Å². The number of aromatic amines is 1. The minimum absolute atomic E-state index is 0.148. The van der Waals surface area contributed by atoms with E-state index in [9.17, 15) is 4.79 Å². The number of aromatic nitrogens is 5. The average molecular weight is 415 g/mol. The van der Waals surface area contributed by atoms with Crippen molar-refractivity contribution in [3.63, 3.8) is 0 Å². The Bertz CT molecular complexity index is 1040. The molecule has 2 aromatic heterocycles. The maximum Gasteiger partial charge on any atom is 0.236 e. The molecular weight excluding hydrogens is 400 g/mol. The number of benzene rings is 2. The van der Waals surface area contributed by atoms with Gasteiger partial charge in [-0.25, -0.2) is 0 Å². The molecule has 2 aromatic carbocycles. The lowest BCUT2D eigenvalue weighted by molar-refractivity contribution is -0.113. The lowest BCUT2D eigenvalue weighted by atomic mass is 10.1. The second kappa shape index (κ2) is 8.51. The Morgan fingerprint density at radius 1 is 1.11 bits per heavy atom. The molecular formula is C17H14N6OS3. The molecule has 4 rings (SSSR count). The van der Waals surface area contributed by atoms with E-state index in [0.717, 1.165) is 10.1 Å². The number of carbonyl (C=O) groups is 1. The predicted molar refractivity (Wildman–Crippen MR) is 109 cm³/mol. The fraction of sp³-hybridized carbons (Fsp3) is 0.118. The van der Waals surface area contributed by atoms with Crippen LogP contribution in [0.5, 0.6) is 0 Å². The van der Waals surface area contributed by atoms with Gasteiger partial charge in [0, 0.05) is 5.75 Å². The molecule has 1 amide bonds. The number of nitrogens with zero attached hydrogens (tertiary/aromatic N) is 4. The van der Waals surface area contributed by atoms with Crippen LogP contribution in [0.4, 0.5) is 5.13 Å². The van der Waals surface area contributed by atoms with E-state index in [1.807, 2.05) is 12.1 Å². The Hall–Kier alpha value is -2.43. The molecule has 2 N–H and O–H groups in total. The van der Waals surface area contributed by atoms with Crippen molar-refractivity contribution < 1.29 is 4.79 Å². The molecule has 0 aliphatic rings. The molecule has 0 spiro atoms. The normalized spacial score (nSPS) is 11.0. The molecule has 27 heavy (non-hydrogen) atoms. The molecule has 0 unspecified atom stereocenters. The van der Waals surface area contributed by atoms with Crippen LogP contribution in [0.3, 0.4) is 0 Å². The zero-order valence-corrected chi connectivity index (χ0v) is 16.4. The maximum absolute atomic E-state index is 12.0. The second-order valence-corrected chi connectivity index (χ2v) is 8.64. The smallest absolute Gasteiger partial charge is 0.236 e. The summed E-state index contributed by atoms with van der Waals surface area (Å²) in [6, 6.07) is 14.6. The van der Waals surface area contributed by atoms with E-state index < -0.39 is 0 Å². The van der Waals surface area contributed by atoms with Gasteiger partial charge in [0.2, 0.25) is 11.0 Å². The third kappa shape index (κ3) is 4.65. The Morgan fingerprint density at radius 2 is 2.00 bits per heavy atom. The summed E-state index contributed by atoms with van der Waals surface area (Å²) >= 11 is 4.29. The highest BCUT2D eigenvalue weighted by Gasteiger charge is 2.10. The predicted octanol–water partition coefficient (Wildman–Crippen LogP) is 3.83. The zero-order valence-electron chi connectivity index (χ0n) is 14.0. The fourth-order valence-electron chi connectivity index (χ4n) is 2.43. The number of thioether (sulfide) groups is 2. The SMILES string of the molecule is O=C(CSc1cn[nH]n1)Nc1nnc(SCc2cccc3ccccc23)s1. The number of amides is 1. The van der Waals surface area contributed by atoms with Gasteiger partial charge in [-0.3, -0.25) is 10.1 Å². The number of rotatable bonds is 7. The standard InChI is InChI=1S/C17H14N6OS3/c24-14(10-25-15-8-18-23-20-15)19-16-21-22-17(27-16)26-9-12-6-3-5-11-4-1-2-7-13(11)12/h1-8H,9-10H2,(H,18,20,23)(H,19,21,24). The van der Waals surface area contributed by atoms with E-state index in [0.29, 0.717) is 10.2 Å². The van der Waals surface area contributed by atoms with Gasteiger partial charge in [0.1, 0.15) is 5.03 Å². The van der Waals surface area contributed by atoms with Crippen LogP contribution >= 0.6 is 34.9 Å². The number of fused-ring (bicyclic) bond motifs is 1. The quantitative estimate of drug-likeness (QED) is 0.350. The first-order valence-electron chi connectivity index (χ1n) is 7.99. The molecule has 2 heterocycles. The van der Waals surface area contributed by atoms with Gasteiger partial charge in [0.05, 0.1) is 11.9 Å². The lowest BCUT2D eigenvalue weighted by Crippen LogP contribution is -2.13. The molecule has 0 saturated carbocycles. The molecule has 136 valence electrons. The monoisotopic (exact) mass is 414 g/mol. The number of hydrogen-bond acceptors (Lipinski definition) is 8. The Labute approximate surface area is 167 Å². The number of hydrogen-bond donors (Lipinski definition) is 2. The largest absolute Gasteiger partial charge is 0.300 e. The van der Waals surface area contributed by atoms with Crippen molar-refractivity contribution in [1.82, 2.24) is 25.6 Å². The van der Waals surface area contributed by atoms with Crippen molar-refractivity contribution in [3.05, 3.63) is 54.2 Å². The summed E-state index contributed by atoms with van der Waals surface area (Å²) in [5.41, 5.74) is 1.25. The van der Waals surface area contributed by atoms with Crippen LogP contribution in [0.25, 0.3) is 10.8 Å². The first kappa shape index (κ1) is 18.0. The number of anilines is 1. The minimum atomic E-state index is -0.148. The van der Waals surface area contributed by atoms with E-state index >= 15 is 0 Å². The van der Waals surface area contributed by atoms with Gasteiger partial charge in [-0.2, -0.15) is 10.3 Å². The van der Waals surface area contributed by atoms with E-state index in [4.69, 9.17) is 0 Å². The molecule has 4 aromatic rings. The molecule has 0 bridgehead atoms. The highest BCUT2D eigenvalue weighted by atomic mass is 32.2. The van der Waals surface area contributed by atoms with E-state index in [1.54, 1.807) is 18.0 Å². The molecule has 0 aliphatic carbocycles. The van der Waals surface area contributed by atoms with Crippen LogP contribution in [-0.2, 0) is 10.5 Å². The Morgan fingerprint density at radius 3 is 2.89 bits per heavy atom. The summed E-state index contributed by atoms with van der Waals surface area (Å²) in [4.78, 5) is 12.0. The van der Waals surface area contributed by atoms with Crippen LogP contribution in [0, 0.1) is 0 Å². The van der Waals surface area contributed by atoms with Gasteiger partial charge in [-0.05, 0) is 16.3 Å². The van der Waals surface area contributed by atoms with Crippen molar-refractivity contribution in [2.75, 3.05) is 11.1 Å². The van der Waals surface area contributed by atoms with Crippen molar-refractivity contribution in [3.8, 4) is 0 Å². The molecule has 0 radical (unpaired) electrons. The van der Waals surface area contributed by atoms with Crippen molar-refractivity contribution in [1.29, 1.82) is 0 Å². The molecule has 10 heteroatoms. The van der Waals surface area contributed by atoms with Crippen molar-refractivity contribution in [2.24, 2.45) is 0 Å². The molecule has 0 saturated heterocycles. The van der Waals surface area contributed by atoms with E-state index in [2.05, 4.69) is 61.3 Å². The third-order valence-corrected chi connectivity index (χ3v) is 6.55. The zero-order chi connectivity index (χ0) is 18.5. The molecule has 0 fully saturated rings. The minimum Gasteiger partial charge on any atom is -0.300 e. The number of H-pyrrole nitrogens is 1. The average Bonchev–Trinajstić information content (AvgIpc) is 3.37. The lowest BCUT2D eigenvalue weighted by Gasteiger charge is -2.04. The first-order valence-corrected chi connectivity index (χ1v) is 10.8. The van der Waals surface area contributed by atoms with Crippen LogP contribution in [0.15, 0.2) is 58.0 Å². The van der Waals surface area contributed by atoms with Crippen LogP contribution in [0.2, 0.25) is 0 Å².